The number of likely N-dealkylation sites (tertiary alicyclic amines) is 1. The lowest BCUT2D eigenvalue weighted by Crippen LogP contribution is -2.53. The summed E-state index contributed by atoms with van der Waals surface area (Å²) in [6, 6.07) is -0.0135. The summed E-state index contributed by atoms with van der Waals surface area (Å²) in [4.78, 5) is 13.9. The van der Waals surface area contributed by atoms with E-state index in [1.54, 1.807) is 4.90 Å². The highest BCUT2D eigenvalue weighted by molar-refractivity contribution is 7.92. The van der Waals surface area contributed by atoms with Gasteiger partial charge in [0.25, 0.3) is 0 Å². The van der Waals surface area contributed by atoms with Crippen LogP contribution in [0.1, 0.15) is 33.1 Å². The molecule has 0 radical (unpaired) electrons. The minimum absolute atomic E-state index is 0.0135. The molecular weight excluding hydrogens is 252 g/mol. The summed E-state index contributed by atoms with van der Waals surface area (Å²) in [7, 11) is -3.33. The quantitative estimate of drug-likeness (QED) is 0.805. The molecule has 18 heavy (non-hydrogen) atoms. The van der Waals surface area contributed by atoms with E-state index < -0.39 is 15.1 Å². The standard InChI is InChI=1S/C12H24N2O3S/c1-4-10-5-6-14(11(7-10)8-13)12(15)9(2)18(3,16)17/h9-11H,4-8,13H2,1-3H3. The average molecular weight is 276 g/mol. The number of hydrogen-bond donors (Lipinski definition) is 1. The number of sulfone groups is 1. The third-order valence-corrected chi connectivity index (χ3v) is 5.43. The molecule has 1 heterocycles. The van der Waals surface area contributed by atoms with Crippen molar-refractivity contribution in [1.82, 2.24) is 4.90 Å². The number of piperidine rings is 1. The van der Waals surface area contributed by atoms with Crippen LogP contribution in [-0.4, -0.2) is 49.9 Å². The largest absolute Gasteiger partial charge is 0.337 e. The molecule has 0 saturated carbocycles. The Morgan fingerprint density at radius 3 is 2.56 bits per heavy atom. The second-order valence-electron chi connectivity index (χ2n) is 5.19. The van der Waals surface area contributed by atoms with E-state index in [-0.39, 0.29) is 11.9 Å². The van der Waals surface area contributed by atoms with E-state index in [0.717, 1.165) is 25.5 Å². The fraction of sp³-hybridized carbons (Fsp3) is 0.917. The molecule has 1 aliphatic rings. The summed E-state index contributed by atoms with van der Waals surface area (Å²) >= 11 is 0. The molecule has 0 aromatic heterocycles. The van der Waals surface area contributed by atoms with Gasteiger partial charge in [-0.25, -0.2) is 8.42 Å². The van der Waals surface area contributed by atoms with Gasteiger partial charge >= 0.3 is 0 Å². The Labute approximate surface area is 110 Å². The summed E-state index contributed by atoms with van der Waals surface area (Å²) < 4.78 is 22.9. The lowest BCUT2D eigenvalue weighted by Gasteiger charge is -2.39. The molecule has 5 nitrogen and oxygen atoms in total. The molecule has 1 amide bonds. The number of rotatable bonds is 4. The van der Waals surface area contributed by atoms with E-state index >= 15 is 0 Å². The molecular formula is C12H24N2O3S. The zero-order valence-electron chi connectivity index (χ0n) is 11.4. The second kappa shape index (κ2) is 6.02. The minimum atomic E-state index is -3.33. The van der Waals surface area contributed by atoms with Crippen LogP contribution in [-0.2, 0) is 14.6 Å². The van der Waals surface area contributed by atoms with Gasteiger partial charge in [-0.15, -0.1) is 0 Å². The predicted molar refractivity (Wildman–Crippen MR) is 71.9 cm³/mol. The predicted octanol–water partition coefficient (Wildman–Crippen LogP) is 0.395. The van der Waals surface area contributed by atoms with Crippen molar-refractivity contribution in [3.8, 4) is 0 Å². The van der Waals surface area contributed by atoms with Gasteiger partial charge in [0.2, 0.25) is 5.91 Å². The molecule has 0 aromatic carbocycles. The van der Waals surface area contributed by atoms with Crippen LogP contribution in [0.25, 0.3) is 0 Å². The van der Waals surface area contributed by atoms with Gasteiger partial charge in [0.15, 0.2) is 9.84 Å². The first kappa shape index (κ1) is 15.4. The van der Waals surface area contributed by atoms with Crippen molar-refractivity contribution in [3.63, 3.8) is 0 Å². The van der Waals surface area contributed by atoms with Gasteiger partial charge in [-0.1, -0.05) is 13.3 Å². The molecule has 2 N–H and O–H groups in total. The first-order valence-corrected chi connectivity index (χ1v) is 8.46. The van der Waals surface area contributed by atoms with Crippen molar-refractivity contribution in [3.05, 3.63) is 0 Å². The van der Waals surface area contributed by atoms with E-state index in [2.05, 4.69) is 6.92 Å². The minimum Gasteiger partial charge on any atom is -0.337 e. The fourth-order valence-electron chi connectivity index (χ4n) is 2.44. The van der Waals surface area contributed by atoms with Crippen molar-refractivity contribution >= 4 is 15.7 Å². The molecule has 0 aromatic rings. The van der Waals surface area contributed by atoms with Gasteiger partial charge in [-0.2, -0.15) is 0 Å². The second-order valence-corrected chi connectivity index (χ2v) is 7.56. The Balaban J connectivity index is 2.79. The molecule has 0 bridgehead atoms. The summed E-state index contributed by atoms with van der Waals surface area (Å²) in [5.74, 6) is 0.290. The van der Waals surface area contributed by atoms with Gasteiger partial charge in [-0.05, 0) is 25.7 Å². The number of nitrogens with zero attached hydrogens (tertiary/aromatic N) is 1. The molecule has 6 heteroatoms. The third kappa shape index (κ3) is 3.45. The summed E-state index contributed by atoms with van der Waals surface area (Å²) in [6.07, 6.45) is 4.01. The molecule has 0 aliphatic carbocycles. The first-order chi connectivity index (χ1) is 8.31. The van der Waals surface area contributed by atoms with E-state index in [0.29, 0.717) is 19.0 Å². The SMILES string of the molecule is CCC1CCN(C(=O)C(C)S(C)(=O)=O)C(CN)C1. The number of carbonyl (C=O) groups is 1. The van der Waals surface area contributed by atoms with E-state index in [1.807, 2.05) is 0 Å². The third-order valence-electron chi connectivity index (χ3n) is 3.95. The Hall–Kier alpha value is -0.620. The Kier molecular flexibility index (Phi) is 5.16. The maximum Gasteiger partial charge on any atom is 0.240 e. The van der Waals surface area contributed by atoms with Crippen LogP contribution in [0, 0.1) is 5.92 Å². The molecule has 3 atom stereocenters. The molecule has 1 saturated heterocycles. The van der Waals surface area contributed by atoms with Crippen LogP contribution in [0.2, 0.25) is 0 Å². The van der Waals surface area contributed by atoms with Gasteiger partial charge in [0, 0.05) is 25.4 Å². The van der Waals surface area contributed by atoms with Crippen LogP contribution in [0.5, 0.6) is 0 Å². The van der Waals surface area contributed by atoms with Crippen molar-refractivity contribution in [2.45, 2.75) is 44.4 Å². The van der Waals surface area contributed by atoms with Crippen molar-refractivity contribution in [2.24, 2.45) is 11.7 Å². The van der Waals surface area contributed by atoms with E-state index in [9.17, 15) is 13.2 Å². The van der Waals surface area contributed by atoms with Crippen molar-refractivity contribution < 1.29 is 13.2 Å². The van der Waals surface area contributed by atoms with Gasteiger partial charge < -0.3 is 10.6 Å². The zero-order valence-corrected chi connectivity index (χ0v) is 12.2. The lowest BCUT2D eigenvalue weighted by atomic mass is 9.88. The van der Waals surface area contributed by atoms with Gasteiger partial charge in [0.1, 0.15) is 5.25 Å². The lowest BCUT2D eigenvalue weighted by molar-refractivity contribution is -0.134. The maximum atomic E-state index is 12.2. The highest BCUT2D eigenvalue weighted by Gasteiger charge is 2.35. The van der Waals surface area contributed by atoms with Crippen LogP contribution < -0.4 is 5.73 Å². The summed E-state index contributed by atoms with van der Waals surface area (Å²) in [6.45, 7) is 4.61. The Morgan fingerprint density at radius 2 is 2.11 bits per heavy atom. The molecule has 1 aliphatic heterocycles. The van der Waals surface area contributed by atoms with Crippen LogP contribution in [0.15, 0.2) is 0 Å². The molecule has 106 valence electrons. The smallest absolute Gasteiger partial charge is 0.240 e. The van der Waals surface area contributed by atoms with Gasteiger partial charge in [-0.3, -0.25) is 4.79 Å². The number of carbonyl (C=O) groups excluding carboxylic acids is 1. The first-order valence-electron chi connectivity index (χ1n) is 6.50. The number of nitrogens with two attached hydrogens (primary N) is 1. The Morgan fingerprint density at radius 1 is 1.50 bits per heavy atom. The highest BCUT2D eigenvalue weighted by atomic mass is 32.2. The summed E-state index contributed by atoms with van der Waals surface area (Å²) in [5, 5.41) is -0.968. The van der Waals surface area contributed by atoms with Crippen LogP contribution in [0.4, 0.5) is 0 Å². The molecule has 0 spiro atoms. The monoisotopic (exact) mass is 276 g/mol. The van der Waals surface area contributed by atoms with E-state index in [4.69, 9.17) is 5.73 Å². The van der Waals surface area contributed by atoms with Crippen LogP contribution >= 0.6 is 0 Å². The van der Waals surface area contributed by atoms with E-state index in [1.165, 1.54) is 6.92 Å². The molecule has 1 fully saturated rings. The molecule has 1 rings (SSSR count). The fourth-order valence-corrected chi connectivity index (χ4v) is 2.94. The maximum absolute atomic E-state index is 12.2. The number of hydrogen-bond acceptors (Lipinski definition) is 4. The number of amides is 1. The highest BCUT2D eigenvalue weighted by Crippen LogP contribution is 2.26. The molecule has 3 unspecified atom stereocenters. The average Bonchev–Trinajstić information content (AvgIpc) is 2.35. The normalized spacial score (nSPS) is 27.0. The van der Waals surface area contributed by atoms with Crippen LogP contribution in [0.3, 0.4) is 0 Å². The summed E-state index contributed by atoms with van der Waals surface area (Å²) in [5.41, 5.74) is 5.71. The van der Waals surface area contributed by atoms with Crippen molar-refractivity contribution in [1.29, 1.82) is 0 Å². The Bertz CT molecular complexity index is 394. The zero-order chi connectivity index (χ0) is 13.9. The topological polar surface area (TPSA) is 80.5 Å². The van der Waals surface area contributed by atoms with Gasteiger partial charge in [0.05, 0.1) is 0 Å². The van der Waals surface area contributed by atoms with Crippen molar-refractivity contribution in [2.75, 3.05) is 19.3 Å².